The Morgan fingerprint density at radius 1 is 1.08 bits per heavy atom. The van der Waals surface area contributed by atoms with Crippen LogP contribution in [0.2, 0.25) is 0 Å². The zero-order valence-corrected chi connectivity index (χ0v) is 14.1. The molecular formula is C19H22N2O4. The van der Waals surface area contributed by atoms with Crippen LogP contribution in [0.5, 0.6) is 11.5 Å². The summed E-state index contributed by atoms with van der Waals surface area (Å²) in [6, 6.07) is 9.49. The van der Waals surface area contributed by atoms with Gasteiger partial charge in [-0.05, 0) is 24.6 Å². The molecular weight excluding hydrogens is 320 g/mol. The summed E-state index contributed by atoms with van der Waals surface area (Å²) in [5.41, 5.74) is 0.620. The van der Waals surface area contributed by atoms with Crippen molar-refractivity contribution in [3.63, 3.8) is 0 Å². The molecule has 0 aliphatic carbocycles. The van der Waals surface area contributed by atoms with Crippen LogP contribution in [0.25, 0.3) is 0 Å². The third-order valence-electron chi connectivity index (χ3n) is 4.67. The summed E-state index contributed by atoms with van der Waals surface area (Å²) in [6.07, 6.45) is 4.02. The van der Waals surface area contributed by atoms with E-state index in [4.69, 9.17) is 13.9 Å². The SMILES string of the molecule is O=C(c1ccoc1)N1CCCN(CC2COc3ccccc3O2)CC1. The van der Waals surface area contributed by atoms with Gasteiger partial charge in [0.05, 0.1) is 11.8 Å². The highest BCUT2D eigenvalue weighted by Crippen LogP contribution is 2.31. The predicted octanol–water partition coefficient (Wildman–Crippen LogP) is 2.27. The molecule has 0 spiro atoms. The number of hydrogen-bond acceptors (Lipinski definition) is 5. The molecule has 1 fully saturated rings. The number of amides is 1. The molecule has 132 valence electrons. The fourth-order valence-corrected chi connectivity index (χ4v) is 3.37. The van der Waals surface area contributed by atoms with E-state index in [2.05, 4.69) is 4.90 Å². The maximum absolute atomic E-state index is 12.5. The highest BCUT2D eigenvalue weighted by atomic mass is 16.6. The molecule has 1 amide bonds. The third kappa shape index (κ3) is 3.64. The van der Waals surface area contributed by atoms with Gasteiger partial charge in [-0.25, -0.2) is 0 Å². The molecule has 2 aliphatic heterocycles. The van der Waals surface area contributed by atoms with Gasteiger partial charge in [-0.15, -0.1) is 0 Å². The molecule has 1 atom stereocenters. The lowest BCUT2D eigenvalue weighted by molar-refractivity contribution is 0.0588. The van der Waals surface area contributed by atoms with Crippen LogP contribution in [0.1, 0.15) is 16.8 Å². The fourth-order valence-electron chi connectivity index (χ4n) is 3.37. The first-order valence-electron chi connectivity index (χ1n) is 8.72. The number of fused-ring (bicyclic) bond motifs is 1. The van der Waals surface area contributed by atoms with Crippen molar-refractivity contribution in [2.24, 2.45) is 0 Å². The Hall–Kier alpha value is -2.47. The average Bonchev–Trinajstić information content (AvgIpc) is 3.08. The van der Waals surface area contributed by atoms with Crippen LogP contribution in [0.3, 0.4) is 0 Å². The van der Waals surface area contributed by atoms with Gasteiger partial charge in [-0.1, -0.05) is 12.1 Å². The molecule has 25 heavy (non-hydrogen) atoms. The van der Waals surface area contributed by atoms with Crippen LogP contribution < -0.4 is 9.47 Å². The zero-order chi connectivity index (χ0) is 17.1. The maximum atomic E-state index is 12.5. The minimum atomic E-state index is 0.0195. The van der Waals surface area contributed by atoms with E-state index in [9.17, 15) is 4.79 Å². The summed E-state index contributed by atoms with van der Waals surface area (Å²) in [4.78, 5) is 16.7. The minimum absolute atomic E-state index is 0.0195. The monoisotopic (exact) mass is 342 g/mol. The molecule has 0 radical (unpaired) electrons. The van der Waals surface area contributed by atoms with Crippen LogP contribution in [0, 0.1) is 0 Å². The molecule has 3 heterocycles. The summed E-state index contributed by atoms with van der Waals surface area (Å²) in [5.74, 6) is 1.67. The quantitative estimate of drug-likeness (QED) is 0.856. The van der Waals surface area contributed by atoms with Crippen LogP contribution in [0.15, 0.2) is 47.3 Å². The van der Waals surface area contributed by atoms with E-state index < -0.39 is 0 Å². The van der Waals surface area contributed by atoms with Gasteiger partial charge >= 0.3 is 0 Å². The molecule has 6 nitrogen and oxygen atoms in total. The normalized spacial score (nSPS) is 21.0. The second-order valence-corrected chi connectivity index (χ2v) is 6.46. The van der Waals surface area contributed by atoms with E-state index in [1.165, 1.54) is 12.5 Å². The Kier molecular flexibility index (Phi) is 4.61. The van der Waals surface area contributed by atoms with Crippen LogP contribution >= 0.6 is 0 Å². The van der Waals surface area contributed by atoms with Crippen LogP contribution in [-0.4, -0.2) is 61.1 Å². The lowest BCUT2D eigenvalue weighted by Gasteiger charge is -2.30. The highest BCUT2D eigenvalue weighted by molar-refractivity contribution is 5.93. The van der Waals surface area contributed by atoms with Gasteiger partial charge < -0.3 is 18.8 Å². The third-order valence-corrected chi connectivity index (χ3v) is 4.67. The first-order valence-corrected chi connectivity index (χ1v) is 8.72. The first kappa shape index (κ1) is 16.0. The number of nitrogens with zero attached hydrogens (tertiary/aromatic N) is 2. The number of carbonyl (C=O) groups excluding carboxylic acids is 1. The molecule has 2 aromatic rings. The smallest absolute Gasteiger partial charge is 0.257 e. The second kappa shape index (κ2) is 7.19. The fraction of sp³-hybridized carbons (Fsp3) is 0.421. The predicted molar refractivity (Wildman–Crippen MR) is 92.0 cm³/mol. The zero-order valence-electron chi connectivity index (χ0n) is 14.1. The number of rotatable bonds is 3. The van der Waals surface area contributed by atoms with Crippen LogP contribution in [-0.2, 0) is 0 Å². The van der Waals surface area contributed by atoms with Gasteiger partial charge in [0.2, 0.25) is 0 Å². The molecule has 4 rings (SSSR count). The molecule has 0 bridgehead atoms. The number of para-hydroxylation sites is 2. The summed E-state index contributed by atoms with van der Waals surface area (Å²) < 4.78 is 16.9. The number of benzene rings is 1. The Bertz CT molecular complexity index is 716. The van der Waals surface area contributed by atoms with E-state index in [-0.39, 0.29) is 12.0 Å². The maximum Gasteiger partial charge on any atom is 0.257 e. The van der Waals surface area contributed by atoms with E-state index in [1.54, 1.807) is 6.07 Å². The van der Waals surface area contributed by atoms with E-state index in [0.29, 0.717) is 18.7 Å². The topological polar surface area (TPSA) is 55.2 Å². The highest BCUT2D eigenvalue weighted by Gasteiger charge is 2.26. The van der Waals surface area contributed by atoms with E-state index in [1.807, 2.05) is 29.2 Å². The molecule has 1 unspecified atom stereocenters. The largest absolute Gasteiger partial charge is 0.486 e. The van der Waals surface area contributed by atoms with Crippen molar-refractivity contribution in [2.75, 3.05) is 39.3 Å². The lowest BCUT2D eigenvalue weighted by Crippen LogP contribution is -2.42. The number of furan rings is 1. The van der Waals surface area contributed by atoms with Gasteiger partial charge in [-0.2, -0.15) is 0 Å². The summed E-state index contributed by atoms with van der Waals surface area (Å²) >= 11 is 0. The molecule has 1 aromatic heterocycles. The molecule has 0 N–H and O–H groups in total. The Labute approximate surface area is 146 Å². The molecule has 6 heteroatoms. The van der Waals surface area contributed by atoms with Gasteiger partial charge in [0, 0.05) is 32.7 Å². The van der Waals surface area contributed by atoms with Crippen molar-refractivity contribution in [1.29, 1.82) is 0 Å². The van der Waals surface area contributed by atoms with Crippen molar-refractivity contribution < 1.29 is 18.7 Å². The molecule has 1 aromatic carbocycles. The summed E-state index contributed by atoms with van der Waals surface area (Å²) in [6.45, 7) is 4.65. The number of carbonyl (C=O) groups is 1. The van der Waals surface area contributed by atoms with Crippen molar-refractivity contribution in [3.8, 4) is 11.5 Å². The Morgan fingerprint density at radius 2 is 1.96 bits per heavy atom. The molecule has 1 saturated heterocycles. The standard InChI is InChI=1S/C19H22N2O4/c22-19(15-6-11-23-13-15)21-8-3-7-20(9-10-21)12-16-14-24-17-4-1-2-5-18(17)25-16/h1-2,4-6,11,13,16H,3,7-10,12,14H2. The van der Waals surface area contributed by atoms with Crippen molar-refractivity contribution in [1.82, 2.24) is 9.80 Å². The number of hydrogen-bond donors (Lipinski definition) is 0. The molecule has 0 saturated carbocycles. The van der Waals surface area contributed by atoms with Gasteiger partial charge in [0.25, 0.3) is 5.91 Å². The lowest BCUT2D eigenvalue weighted by atomic mass is 10.2. The Morgan fingerprint density at radius 3 is 2.80 bits per heavy atom. The Balaban J connectivity index is 1.32. The first-order chi connectivity index (χ1) is 12.3. The van der Waals surface area contributed by atoms with Gasteiger partial charge in [-0.3, -0.25) is 9.69 Å². The number of ether oxygens (including phenoxy) is 2. The van der Waals surface area contributed by atoms with Crippen LogP contribution in [0.4, 0.5) is 0 Å². The second-order valence-electron chi connectivity index (χ2n) is 6.46. The van der Waals surface area contributed by atoms with Crippen molar-refractivity contribution in [3.05, 3.63) is 48.4 Å². The molecule has 2 aliphatic rings. The van der Waals surface area contributed by atoms with Gasteiger partial charge in [0.1, 0.15) is 19.0 Å². The van der Waals surface area contributed by atoms with Crippen molar-refractivity contribution in [2.45, 2.75) is 12.5 Å². The van der Waals surface area contributed by atoms with E-state index in [0.717, 1.165) is 44.1 Å². The van der Waals surface area contributed by atoms with Crippen molar-refractivity contribution >= 4 is 5.91 Å². The summed E-state index contributed by atoms with van der Waals surface area (Å²) in [7, 11) is 0. The van der Waals surface area contributed by atoms with E-state index >= 15 is 0 Å². The minimum Gasteiger partial charge on any atom is -0.486 e. The summed E-state index contributed by atoms with van der Waals surface area (Å²) in [5, 5.41) is 0. The average molecular weight is 342 g/mol. The van der Waals surface area contributed by atoms with Gasteiger partial charge in [0.15, 0.2) is 11.5 Å².